The highest BCUT2D eigenvalue weighted by atomic mass is 32.1. The van der Waals surface area contributed by atoms with Crippen LogP contribution in [0.2, 0.25) is 0 Å². The number of cyclic esters (lactones) is 2. The number of thiol groups is 1. The summed E-state index contributed by atoms with van der Waals surface area (Å²) >= 11 is 3.96. The minimum atomic E-state index is -1.15. The van der Waals surface area contributed by atoms with Crippen molar-refractivity contribution in [2.24, 2.45) is 0 Å². The highest BCUT2D eigenvalue weighted by Gasteiger charge is 2.29. The molecule has 0 saturated carbocycles. The van der Waals surface area contributed by atoms with Gasteiger partial charge < -0.3 is 14.9 Å². The molecule has 1 heterocycles. The first-order chi connectivity index (χ1) is 10.0. The molecule has 2 aromatic carbocycles. The van der Waals surface area contributed by atoms with E-state index >= 15 is 0 Å². The van der Waals surface area contributed by atoms with Crippen LogP contribution in [0.4, 0.5) is 0 Å². The molecule has 108 valence electrons. The molecule has 3 rings (SSSR count). The molecule has 5 nitrogen and oxygen atoms in total. The van der Waals surface area contributed by atoms with Crippen LogP contribution in [-0.2, 0) is 4.74 Å². The Morgan fingerprint density at radius 3 is 2.38 bits per heavy atom. The lowest BCUT2D eigenvalue weighted by molar-refractivity contribution is 0.0345. The Hall–Kier alpha value is -1.89. The van der Waals surface area contributed by atoms with E-state index in [0.717, 1.165) is 0 Å². The Labute approximate surface area is 125 Å². The standard InChI is InChI=1S/C15H12O5S/c16-11(6-21)13(17)8-4-5-10-12-7(8)2-1-3-9(12)14(18)20-15(10)19/h1-5,11,13,16-17,21H,6H2. The van der Waals surface area contributed by atoms with Gasteiger partial charge in [0.2, 0.25) is 0 Å². The number of hydrogen-bond donors (Lipinski definition) is 3. The van der Waals surface area contributed by atoms with Crippen molar-refractivity contribution in [1.82, 2.24) is 0 Å². The fourth-order valence-corrected chi connectivity index (χ4v) is 2.73. The monoisotopic (exact) mass is 304 g/mol. The van der Waals surface area contributed by atoms with Crippen molar-refractivity contribution in [3.8, 4) is 0 Å². The number of carbonyl (C=O) groups excluding carboxylic acids is 2. The summed E-state index contributed by atoms with van der Waals surface area (Å²) in [7, 11) is 0. The molecule has 0 amide bonds. The minimum absolute atomic E-state index is 0.0884. The van der Waals surface area contributed by atoms with Crippen LogP contribution in [0.1, 0.15) is 32.4 Å². The number of esters is 2. The van der Waals surface area contributed by atoms with E-state index in [1.54, 1.807) is 24.3 Å². The molecule has 1 aliphatic rings. The van der Waals surface area contributed by atoms with Crippen molar-refractivity contribution in [3.05, 3.63) is 47.0 Å². The molecule has 0 aliphatic carbocycles. The molecule has 1 aliphatic heterocycles. The van der Waals surface area contributed by atoms with Gasteiger partial charge in [0, 0.05) is 11.1 Å². The fourth-order valence-electron chi connectivity index (χ4n) is 2.53. The van der Waals surface area contributed by atoms with E-state index in [0.29, 0.717) is 16.3 Å². The predicted octanol–water partition coefficient (Wildman–Crippen LogP) is 1.47. The minimum Gasteiger partial charge on any atom is -0.389 e. The molecule has 0 saturated heterocycles. The van der Waals surface area contributed by atoms with E-state index in [1.807, 2.05) is 0 Å². The van der Waals surface area contributed by atoms with E-state index in [1.165, 1.54) is 6.07 Å². The summed E-state index contributed by atoms with van der Waals surface area (Å²) in [6.07, 6.45) is -2.20. The van der Waals surface area contributed by atoms with Gasteiger partial charge in [-0.05, 0) is 23.1 Å². The van der Waals surface area contributed by atoms with E-state index in [4.69, 9.17) is 0 Å². The second-order valence-electron chi connectivity index (χ2n) is 4.80. The van der Waals surface area contributed by atoms with Gasteiger partial charge in [0.25, 0.3) is 0 Å². The van der Waals surface area contributed by atoms with Gasteiger partial charge in [0.05, 0.1) is 17.2 Å². The molecular formula is C15H12O5S. The molecule has 6 heteroatoms. The summed E-state index contributed by atoms with van der Waals surface area (Å²) in [6.45, 7) is 0. The molecule has 0 fully saturated rings. The molecule has 21 heavy (non-hydrogen) atoms. The third-order valence-electron chi connectivity index (χ3n) is 3.57. The number of benzene rings is 2. The van der Waals surface area contributed by atoms with E-state index in [2.05, 4.69) is 17.4 Å². The highest BCUT2D eigenvalue weighted by Crippen LogP contribution is 2.34. The molecule has 0 spiro atoms. The highest BCUT2D eigenvalue weighted by molar-refractivity contribution is 7.80. The molecular weight excluding hydrogens is 292 g/mol. The number of carbonyl (C=O) groups is 2. The first-order valence-electron chi connectivity index (χ1n) is 6.33. The Kier molecular flexibility index (Phi) is 3.44. The van der Waals surface area contributed by atoms with Crippen LogP contribution >= 0.6 is 12.6 Å². The summed E-state index contributed by atoms with van der Waals surface area (Å²) in [5, 5.41) is 21.0. The Balaban J connectivity index is 2.31. The maximum Gasteiger partial charge on any atom is 0.346 e. The van der Waals surface area contributed by atoms with Crippen molar-refractivity contribution in [2.45, 2.75) is 12.2 Å². The summed E-state index contributed by atoms with van der Waals surface area (Å²) in [6, 6.07) is 7.94. The zero-order chi connectivity index (χ0) is 15.1. The maximum atomic E-state index is 11.8. The van der Waals surface area contributed by atoms with Gasteiger partial charge >= 0.3 is 11.9 Å². The van der Waals surface area contributed by atoms with Crippen LogP contribution in [0.25, 0.3) is 10.8 Å². The smallest absolute Gasteiger partial charge is 0.346 e. The van der Waals surface area contributed by atoms with Crippen LogP contribution in [0, 0.1) is 0 Å². The molecule has 0 radical (unpaired) electrons. The average molecular weight is 304 g/mol. The molecule has 2 N–H and O–H groups in total. The lowest BCUT2D eigenvalue weighted by Crippen LogP contribution is -2.22. The molecule has 0 aromatic heterocycles. The molecule has 0 bridgehead atoms. The van der Waals surface area contributed by atoms with Crippen molar-refractivity contribution < 1.29 is 24.5 Å². The van der Waals surface area contributed by atoms with E-state index in [-0.39, 0.29) is 16.9 Å². The average Bonchev–Trinajstić information content (AvgIpc) is 2.50. The van der Waals surface area contributed by atoms with E-state index < -0.39 is 24.1 Å². The molecule has 2 atom stereocenters. The van der Waals surface area contributed by atoms with Crippen molar-refractivity contribution in [3.63, 3.8) is 0 Å². The van der Waals surface area contributed by atoms with Gasteiger partial charge in [-0.1, -0.05) is 18.2 Å². The maximum absolute atomic E-state index is 11.8. The summed E-state index contributed by atoms with van der Waals surface area (Å²) < 4.78 is 4.67. The topological polar surface area (TPSA) is 83.8 Å². The number of aliphatic hydroxyl groups is 2. The lowest BCUT2D eigenvalue weighted by Gasteiger charge is -2.21. The summed E-state index contributed by atoms with van der Waals surface area (Å²) in [5.74, 6) is -1.33. The largest absolute Gasteiger partial charge is 0.389 e. The van der Waals surface area contributed by atoms with Crippen LogP contribution in [-0.4, -0.2) is 34.0 Å². The van der Waals surface area contributed by atoms with Crippen LogP contribution < -0.4 is 0 Å². The molecule has 2 unspecified atom stereocenters. The summed E-state index contributed by atoms with van der Waals surface area (Å²) in [4.78, 5) is 23.6. The normalized spacial score (nSPS) is 16.7. The first-order valence-corrected chi connectivity index (χ1v) is 6.97. The van der Waals surface area contributed by atoms with Gasteiger partial charge in [-0.2, -0.15) is 12.6 Å². The zero-order valence-electron chi connectivity index (χ0n) is 10.8. The van der Waals surface area contributed by atoms with Crippen molar-refractivity contribution >= 4 is 35.3 Å². The first kappa shape index (κ1) is 14.1. The van der Waals surface area contributed by atoms with Crippen molar-refractivity contribution in [2.75, 3.05) is 5.75 Å². The SMILES string of the molecule is O=C1OC(=O)c2ccc(C(O)C(O)CS)c3cccc1c23. The Bertz CT molecular complexity index is 735. The Morgan fingerprint density at radius 2 is 1.71 bits per heavy atom. The molecule has 2 aromatic rings. The predicted molar refractivity (Wildman–Crippen MR) is 78.5 cm³/mol. The second-order valence-corrected chi connectivity index (χ2v) is 5.17. The number of ether oxygens (including phenoxy) is 1. The third kappa shape index (κ3) is 2.12. The third-order valence-corrected chi connectivity index (χ3v) is 3.94. The number of hydrogen-bond acceptors (Lipinski definition) is 6. The quantitative estimate of drug-likeness (QED) is 0.454. The van der Waals surface area contributed by atoms with Gasteiger partial charge in [0.15, 0.2) is 0 Å². The van der Waals surface area contributed by atoms with Gasteiger partial charge in [-0.25, -0.2) is 9.59 Å². The van der Waals surface area contributed by atoms with Crippen LogP contribution in [0.3, 0.4) is 0 Å². The Morgan fingerprint density at radius 1 is 1.05 bits per heavy atom. The van der Waals surface area contributed by atoms with Gasteiger partial charge in [-0.15, -0.1) is 0 Å². The number of rotatable bonds is 3. The zero-order valence-corrected chi connectivity index (χ0v) is 11.7. The number of aliphatic hydroxyl groups excluding tert-OH is 2. The summed E-state index contributed by atoms with van der Waals surface area (Å²) in [5.41, 5.74) is 0.993. The van der Waals surface area contributed by atoms with Crippen molar-refractivity contribution in [1.29, 1.82) is 0 Å². The second kappa shape index (κ2) is 5.14. The fraction of sp³-hybridized carbons (Fsp3) is 0.200. The van der Waals surface area contributed by atoms with Crippen LogP contribution in [0.15, 0.2) is 30.3 Å². The van der Waals surface area contributed by atoms with Crippen LogP contribution in [0.5, 0.6) is 0 Å². The van der Waals surface area contributed by atoms with Gasteiger partial charge in [0.1, 0.15) is 6.10 Å². The van der Waals surface area contributed by atoms with E-state index in [9.17, 15) is 19.8 Å². The lowest BCUT2D eigenvalue weighted by atomic mass is 9.91. The van der Waals surface area contributed by atoms with Gasteiger partial charge in [-0.3, -0.25) is 0 Å².